The van der Waals surface area contributed by atoms with Gasteiger partial charge in [0.25, 0.3) is 0 Å². The van der Waals surface area contributed by atoms with Crippen LogP contribution in [0.4, 0.5) is 4.79 Å². The normalized spacial score (nSPS) is 11.7. The summed E-state index contributed by atoms with van der Waals surface area (Å²) in [6.45, 7) is 4.16. The minimum Gasteiger partial charge on any atom is -0.464 e. The Morgan fingerprint density at radius 1 is 0.848 bits per heavy atom. The third-order valence-corrected chi connectivity index (χ3v) is 5.10. The Bertz CT molecular complexity index is 1090. The van der Waals surface area contributed by atoms with Crippen LogP contribution in [0.3, 0.4) is 0 Å². The van der Waals surface area contributed by atoms with Crippen molar-refractivity contribution < 1.29 is 23.9 Å². The summed E-state index contributed by atoms with van der Waals surface area (Å²) in [7, 11) is 0. The molecule has 6 nitrogen and oxygen atoms in total. The van der Waals surface area contributed by atoms with Crippen molar-refractivity contribution in [2.75, 3.05) is 6.61 Å². The van der Waals surface area contributed by atoms with E-state index in [2.05, 4.69) is 5.32 Å². The first kappa shape index (κ1) is 24.0. The van der Waals surface area contributed by atoms with Gasteiger partial charge in [0.15, 0.2) is 5.78 Å². The number of rotatable bonds is 10. The van der Waals surface area contributed by atoms with E-state index in [-0.39, 0.29) is 37.8 Å². The Morgan fingerprint density at radius 2 is 1.55 bits per heavy atom. The van der Waals surface area contributed by atoms with Gasteiger partial charge in [-0.3, -0.25) is 4.79 Å². The molecule has 0 fully saturated rings. The molecule has 3 rings (SSSR count). The number of amides is 1. The molecule has 0 aliphatic heterocycles. The first-order valence-corrected chi connectivity index (χ1v) is 11.1. The summed E-state index contributed by atoms with van der Waals surface area (Å²) in [4.78, 5) is 37.9. The molecule has 33 heavy (non-hydrogen) atoms. The number of ketones is 1. The molecule has 172 valence electrons. The number of nitrogens with one attached hydrogen (secondary N) is 1. The zero-order valence-corrected chi connectivity index (χ0v) is 19.0. The van der Waals surface area contributed by atoms with E-state index in [9.17, 15) is 14.4 Å². The minimum absolute atomic E-state index is 0.0778. The average molecular weight is 448 g/mol. The number of hydrogen-bond acceptors (Lipinski definition) is 5. The zero-order valence-electron chi connectivity index (χ0n) is 19.0. The Morgan fingerprint density at radius 3 is 2.30 bits per heavy atom. The second-order valence-corrected chi connectivity index (χ2v) is 8.27. The highest BCUT2D eigenvalue weighted by Gasteiger charge is 2.25. The average Bonchev–Trinajstić information content (AvgIpc) is 2.83. The lowest BCUT2D eigenvalue weighted by molar-refractivity contribution is -0.147. The zero-order chi connectivity index (χ0) is 23.6. The SMILES string of the molecule is CC(C)COC(=O)C(CCC(=O)c1cccc2ccccc12)NC(=O)OCc1ccccc1. The van der Waals surface area contributed by atoms with Gasteiger partial charge in [-0.05, 0) is 28.7 Å². The largest absolute Gasteiger partial charge is 0.464 e. The van der Waals surface area contributed by atoms with E-state index in [1.807, 2.05) is 80.6 Å². The van der Waals surface area contributed by atoms with E-state index in [4.69, 9.17) is 9.47 Å². The summed E-state index contributed by atoms with van der Waals surface area (Å²) < 4.78 is 10.6. The number of ether oxygens (including phenoxy) is 2. The molecular formula is C27H29NO5. The van der Waals surface area contributed by atoms with Crippen LogP contribution in [0.15, 0.2) is 72.8 Å². The molecule has 0 aliphatic carbocycles. The molecule has 0 heterocycles. The van der Waals surface area contributed by atoms with Crippen LogP contribution in [0.25, 0.3) is 10.8 Å². The van der Waals surface area contributed by atoms with Gasteiger partial charge in [0.05, 0.1) is 6.61 Å². The summed E-state index contributed by atoms with van der Waals surface area (Å²) in [6.07, 6.45) is -0.545. The monoisotopic (exact) mass is 447 g/mol. The van der Waals surface area contributed by atoms with E-state index >= 15 is 0 Å². The van der Waals surface area contributed by atoms with Crippen LogP contribution in [-0.2, 0) is 20.9 Å². The van der Waals surface area contributed by atoms with E-state index in [0.29, 0.717) is 5.56 Å². The fraction of sp³-hybridized carbons (Fsp3) is 0.296. The number of fused-ring (bicyclic) bond motifs is 1. The van der Waals surface area contributed by atoms with Crippen molar-refractivity contribution in [2.45, 2.75) is 39.3 Å². The Labute approximate surface area is 193 Å². The lowest BCUT2D eigenvalue weighted by atomic mass is 9.97. The first-order chi connectivity index (χ1) is 15.9. The molecule has 0 radical (unpaired) electrons. The van der Waals surface area contributed by atoms with Gasteiger partial charge in [-0.15, -0.1) is 0 Å². The van der Waals surface area contributed by atoms with Crippen molar-refractivity contribution in [3.05, 3.63) is 83.9 Å². The summed E-state index contributed by atoms with van der Waals surface area (Å²) in [5, 5.41) is 4.40. The number of carbonyl (C=O) groups is 3. The van der Waals surface area contributed by atoms with E-state index in [0.717, 1.165) is 16.3 Å². The highest BCUT2D eigenvalue weighted by atomic mass is 16.6. The van der Waals surface area contributed by atoms with Gasteiger partial charge in [0, 0.05) is 12.0 Å². The molecule has 1 amide bonds. The highest BCUT2D eigenvalue weighted by molar-refractivity contribution is 6.08. The molecule has 0 aliphatic rings. The van der Waals surface area contributed by atoms with Crippen LogP contribution in [0, 0.1) is 5.92 Å². The van der Waals surface area contributed by atoms with Crippen molar-refractivity contribution in [2.24, 2.45) is 5.92 Å². The van der Waals surface area contributed by atoms with Gasteiger partial charge in [0.1, 0.15) is 12.6 Å². The van der Waals surface area contributed by atoms with Gasteiger partial charge >= 0.3 is 12.1 Å². The van der Waals surface area contributed by atoms with Crippen molar-refractivity contribution in [1.29, 1.82) is 0 Å². The lowest BCUT2D eigenvalue weighted by Crippen LogP contribution is -2.42. The van der Waals surface area contributed by atoms with Crippen LogP contribution in [-0.4, -0.2) is 30.5 Å². The molecule has 1 atom stereocenters. The van der Waals surface area contributed by atoms with Crippen LogP contribution < -0.4 is 5.32 Å². The van der Waals surface area contributed by atoms with Crippen molar-refractivity contribution >= 4 is 28.6 Å². The Hall–Kier alpha value is -3.67. The predicted molar refractivity (Wildman–Crippen MR) is 127 cm³/mol. The molecule has 0 saturated carbocycles. The van der Waals surface area contributed by atoms with Gasteiger partial charge in [-0.25, -0.2) is 9.59 Å². The summed E-state index contributed by atoms with van der Waals surface area (Å²) in [5.41, 5.74) is 1.42. The maximum absolute atomic E-state index is 13.0. The van der Waals surface area contributed by atoms with E-state index in [1.54, 1.807) is 6.07 Å². The highest BCUT2D eigenvalue weighted by Crippen LogP contribution is 2.21. The number of benzene rings is 3. The molecule has 3 aromatic rings. The molecule has 6 heteroatoms. The Balaban J connectivity index is 1.64. The van der Waals surface area contributed by atoms with Gasteiger partial charge in [-0.1, -0.05) is 86.6 Å². The number of esters is 1. The third-order valence-electron chi connectivity index (χ3n) is 5.10. The van der Waals surface area contributed by atoms with Crippen molar-refractivity contribution in [3.63, 3.8) is 0 Å². The molecule has 0 bridgehead atoms. The van der Waals surface area contributed by atoms with E-state index < -0.39 is 18.1 Å². The quantitative estimate of drug-likeness (QED) is 0.337. The maximum Gasteiger partial charge on any atom is 0.408 e. The summed E-state index contributed by atoms with van der Waals surface area (Å²) in [5.74, 6) is -0.532. The number of carbonyl (C=O) groups excluding carboxylic acids is 3. The maximum atomic E-state index is 13.0. The fourth-order valence-corrected chi connectivity index (χ4v) is 3.38. The number of alkyl carbamates (subject to hydrolysis) is 1. The molecule has 0 saturated heterocycles. The van der Waals surface area contributed by atoms with E-state index in [1.165, 1.54) is 0 Å². The number of Topliss-reactive ketones (excluding diaryl/α,β-unsaturated/α-hetero) is 1. The Kier molecular flexibility index (Phi) is 8.58. The number of hydrogen-bond donors (Lipinski definition) is 1. The second-order valence-electron chi connectivity index (χ2n) is 8.27. The second kappa shape index (κ2) is 11.8. The molecule has 1 N–H and O–H groups in total. The smallest absolute Gasteiger partial charge is 0.408 e. The fourth-order valence-electron chi connectivity index (χ4n) is 3.38. The molecular weight excluding hydrogens is 418 g/mol. The minimum atomic E-state index is -0.981. The van der Waals surface area contributed by atoms with Crippen LogP contribution in [0.5, 0.6) is 0 Å². The predicted octanol–water partition coefficient (Wildman–Crippen LogP) is 5.30. The first-order valence-electron chi connectivity index (χ1n) is 11.1. The van der Waals surface area contributed by atoms with Crippen LogP contribution in [0.1, 0.15) is 42.6 Å². The van der Waals surface area contributed by atoms with Crippen LogP contribution in [0.2, 0.25) is 0 Å². The molecule has 1 unspecified atom stereocenters. The molecule has 0 aromatic heterocycles. The lowest BCUT2D eigenvalue weighted by Gasteiger charge is -2.18. The van der Waals surface area contributed by atoms with Gasteiger partial charge in [-0.2, -0.15) is 0 Å². The van der Waals surface area contributed by atoms with Crippen molar-refractivity contribution in [3.8, 4) is 0 Å². The summed E-state index contributed by atoms with van der Waals surface area (Å²) in [6, 6.07) is 21.5. The van der Waals surface area contributed by atoms with Crippen LogP contribution >= 0.6 is 0 Å². The third kappa shape index (κ3) is 7.17. The van der Waals surface area contributed by atoms with Gasteiger partial charge in [0.2, 0.25) is 0 Å². The molecule has 0 spiro atoms. The standard InChI is InChI=1S/C27H29NO5/c1-19(2)17-32-26(30)24(28-27(31)33-18-20-9-4-3-5-10-20)15-16-25(29)23-14-8-12-21-11-6-7-13-22(21)23/h3-14,19,24H,15-18H2,1-2H3,(H,28,31). The van der Waals surface area contributed by atoms with Gasteiger partial charge < -0.3 is 14.8 Å². The molecule has 3 aromatic carbocycles. The van der Waals surface area contributed by atoms with Crippen molar-refractivity contribution in [1.82, 2.24) is 5.32 Å². The topological polar surface area (TPSA) is 81.7 Å². The summed E-state index contributed by atoms with van der Waals surface area (Å²) >= 11 is 0.